The van der Waals surface area contributed by atoms with Crippen LogP contribution in [0.3, 0.4) is 0 Å². The third-order valence-corrected chi connectivity index (χ3v) is 4.15. The zero-order chi connectivity index (χ0) is 12.8. The highest BCUT2D eigenvalue weighted by Gasteiger charge is 2.63. The molecule has 5 nitrogen and oxygen atoms in total. The van der Waals surface area contributed by atoms with Crippen LogP contribution in [-0.2, 0) is 7.05 Å². The van der Waals surface area contributed by atoms with Crippen LogP contribution in [0.15, 0.2) is 6.20 Å². The van der Waals surface area contributed by atoms with Crippen LogP contribution in [0, 0.1) is 20.3 Å². The molecule has 0 bridgehead atoms. The summed E-state index contributed by atoms with van der Waals surface area (Å²) in [5, 5.41) is 16.0. The van der Waals surface area contributed by atoms with Crippen molar-refractivity contribution in [2.24, 2.45) is 12.5 Å². The van der Waals surface area contributed by atoms with E-state index in [4.69, 9.17) is 0 Å². The minimum Gasteiger partial charge on any atom is -0.332 e. The second-order valence-electron chi connectivity index (χ2n) is 5.00. The Morgan fingerprint density at radius 2 is 2.29 bits per heavy atom. The molecule has 0 aromatic carbocycles. The van der Waals surface area contributed by atoms with Gasteiger partial charge in [-0.15, -0.1) is 0 Å². The van der Waals surface area contributed by atoms with Crippen LogP contribution in [-0.4, -0.2) is 21.2 Å². The molecule has 6 heteroatoms. The molecule has 1 N–H and O–H groups in total. The fourth-order valence-electron chi connectivity index (χ4n) is 1.97. The van der Waals surface area contributed by atoms with Gasteiger partial charge in [-0.2, -0.15) is 10.4 Å². The van der Waals surface area contributed by atoms with Crippen molar-refractivity contribution in [2.75, 3.05) is 0 Å². The van der Waals surface area contributed by atoms with Gasteiger partial charge in [-0.1, -0.05) is 13.8 Å². The quantitative estimate of drug-likeness (QED) is 0.826. The number of nitriles is 1. The molecule has 1 atom stereocenters. The van der Waals surface area contributed by atoms with Gasteiger partial charge in [-0.25, -0.2) is 0 Å². The van der Waals surface area contributed by atoms with E-state index < -0.39 is 5.54 Å². The number of carbonyl (C=O) groups is 1. The number of nitrogens with one attached hydrogen (secondary N) is 1. The molecule has 17 heavy (non-hydrogen) atoms. The Morgan fingerprint density at radius 3 is 2.65 bits per heavy atom. The SMILES string of the molecule is Cn1ncc(I)c1C(=O)NC1(C#N)CC1(C)C. The lowest BCUT2D eigenvalue weighted by molar-refractivity contribution is 0.0924. The van der Waals surface area contributed by atoms with Crippen LogP contribution in [0.5, 0.6) is 0 Å². The molecular formula is C11H13IN4O. The van der Waals surface area contributed by atoms with E-state index in [2.05, 4.69) is 39.1 Å². The highest BCUT2D eigenvalue weighted by Crippen LogP contribution is 2.55. The molecule has 0 radical (unpaired) electrons. The van der Waals surface area contributed by atoms with E-state index in [-0.39, 0.29) is 11.3 Å². The zero-order valence-electron chi connectivity index (χ0n) is 9.91. The Kier molecular flexibility index (Phi) is 2.69. The maximum atomic E-state index is 12.1. The first-order chi connectivity index (χ1) is 7.83. The molecule has 0 spiro atoms. The number of hydrogen-bond donors (Lipinski definition) is 1. The summed E-state index contributed by atoms with van der Waals surface area (Å²) in [6, 6.07) is 2.21. The van der Waals surface area contributed by atoms with Crippen molar-refractivity contribution < 1.29 is 4.79 Å². The van der Waals surface area contributed by atoms with Crippen molar-refractivity contribution in [1.82, 2.24) is 15.1 Å². The molecule has 1 aliphatic rings. The smallest absolute Gasteiger partial charge is 0.271 e. The molecule has 0 aliphatic heterocycles. The molecule has 1 aliphatic carbocycles. The maximum Gasteiger partial charge on any atom is 0.271 e. The minimum absolute atomic E-state index is 0.151. The third kappa shape index (κ3) is 1.82. The normalized spacial score (nSPS) is 25.1. The molecule has 1 fully saturated rings. The first-order valence-electron chi connectivity index (χ1n) is 5.24. The molecular weight excluding hydrogens is 331 g/mol. The summed E-state index contributed by atoms with van der Waals surface area (Å²) in [7, 11) is 1.72. The van der Waals surface area contributed by atoms with Gasteiger partial charge in [0.25, 0.3) is 5.91 Å². The summed E-state index contributed by atoms with van der Waals surface area (Å²) >= 11 is 2.06. The lowest BCUT2D eigenvalue weighted by Gasteiger charge is -2.14. The van der Waals surface area contributed by atoms with Crippen molar-refractivity contribution in [3.8, 4) is 6.07 Å². The van der Waals surface area contributed by atoms with Gasteiger partial charge >= 0.3 is 0 Å². The summed E-state index contributed by atoms with van der Waals surface area (Å²) in [6.07, 6.45) is 2.32. The monoisotopic (exact) mass is 344 g/mol. The van der Waals surface area contributed by atoms with Crippen LogP contribution in [0.2, 0.25) is 0 Å². The largest absolute Gasteiger partial charge is 0.332 e. The van der Waals surface area contributed by atoms with Crippen molar-refractivity contribution in [3.63, 3.8) is 0 Å². The van der Waals surface area contributed by atoms with Crippen LogP contribution >= 0.6 is 22.6 Å². The zero-order valence-corrected chi connectivity index (χ0v) is 12.1. The van der Waals surface area contributed by atoms with Crippen molar-refractivity contribution in [1.29, 1.82) is 5.26 Å². The number of aryl methyl sites for hydroxylation is 1. The Morgan fingerprint density at radius 1 is 1.71 bits per heavy atom. The summed E-state index contributed by atoms with van der Waals surface area (Å²) < 4.78 is 2.31. The van der Waals surface area contributed by atoms with E-state index in [1.165, 1.54) is 4.68 Å². The van der Waals surface area contributed by atoms with Crippen molar-refractivity contribution in [3.05, 3.63) is 15.5 Å². The summed E-state index contributed by atoms with van der Waals surface area (Å²) in [5.41, 5.74) is -0.373. The Labute approximate surface area is 113 Å². The second-order valence-corrected chi connectivity index (χ2v) is 6.16. The molecule has 1 aromatic heterocycles. The third-order valence-electron chi connectivity index (χ3n) is 3.36. The van der Waals surface area contributed by atoms with Gasteiger partial charge in [-0.3, -0.25) is 9.48 Å². The number of hydrogen-bond acceptors (Lipinski definition) is 3. The first-order valence-corrected chi connectivity index (χ1v) is 6.32. The molecule has 1 amide bonds. The fraction of sp³-hybridized carbons (Fsp3) is 0.545. The van der Waals surface area contributed by atoms with E-state index in [9.17, 15) is 10.1 Å². The molecule has 1 heterocycles. The summed E-state index contributed by atoms with van der Waals surface area (Å²) in [6.45, 7) is 3.95. The average molecular weight is 344 g/mol. The molecule has 1 saturated carbocycles. The van der Waals surface area contributed by atoms with Gasteiger partial charge in [0, 0.05) is 12.5 Å². The Balaban J connectivity index is 2.23. The number of halogens is 1. The Hall–Kier alpha value is -1.10. The topological polar surface area (TPSA) is 70.7 Å². The molecule has 0 saturated heterocycles. The first kappa shape index (κ1) is 12.4. The Bertz CT molecular complexity index is 509. The summed E-state index contributed by atoms with van der Waals surface area (Å²) in [5.74, 6) is -0.235. The van der Waals surface area contributed by atoms with Crippen LogP contribution in [0.4, 0.5) is 0 Å². The van der Waals surface area contributed by atoms with Crippen molar-refractivity contribution in [2.45, 2.75) is 25.8 Å². The highest BCUT2D eigenvalue weighted by molar-refractivity contribution is 14.1. The van der Waals surface area contributed by atoms with Crippen LogP contribution < -0.4 is 5.32 Å². The van der Waals surface area contributed by atoms with Crippen LogP contribution in [0.1, 0.15) is 30.8 Å². The number of carbonyl (C=O) groups excluding carboxylic acids is 1. The number of amides is 1. The van der Waals surface area contributed by atoms with E-state index in [1.807, 2.05) is 13.8 Å². The molecule has 90 valence electrons. The number of nitrogens with zero attached hydrogens (tertiary/aromatic N) is 3. The van der Waals surface area contributed by atoms with Gasteiger partial charge in [0.05, 0.1) is 15.8 Å². The molecule has 1 unspecified atom stereocenters. The highest BCUT2D eigenvalue weighted by atomic mass is 127. The average Bonchev–Trinajstić information content (AvgIpc) is 2.59. The fourth-order valence-corrected chi connectivity index (χ4v) is 2.69. The molecule has 2 rings (SSSR count). The van der Waals surface area contributed by atoms with Gasteiger partial charge in [0.1, 0.15) is 11.2 Å². The second kappa shape index (κ2) is 3.70. The van der Waals surface area contributed by atoms with Crippen LogP contribution in [0.25, 0.3) is 0 Å². The van der Waals surface area contributed by atoms with E-state index in [1.54, 1.807) is 13.2 Å². The van der Waals surface area contributed by atoms with Gasteiger partial charge in [-0.05, 0) is 29.0 Å². The molecule has 1 aromatic rings. The summed E-state index contributed by atoms with van der Waals surface area (Å²) in [4.78, 5) is 12.1. The number of rotatable bonds is 2. The standard InChI is InChI=1S/C11H13IN4O/c1-10(2)5-11(10,6-13)15-9(17)8-7(12)4-14-16(8)3/h4H,5H2,1-3H3,(H,15,17). The van der Waals surface area contributed by atoms with E-state index >= 15 is 0 Å². The van der Waals surface area contributed by atoms with E-state index in [0.717, 1.165) is 3.57 Å². The van der Waals surface area contributed by atoms with Crippen molar-refractivity contribution >= 4 is 28.5 Å². The predicted molar refractivity (Wildman–Crippen MR) is 70.1 cm³/mol. The predicted octanol–water partition coefficient (Wildman–Crippen LogP) is 1.45. The van der Waals surface area contributed by atoms with Gasteiger partial charge < -0.3 is 5.32 Å². The van der Waals surface area contributed by atoms with Gasteiger partial charge in [0.15, 0.2) is 0 Å². The lowest BCUT2D eigenvalue weighted by atomic mass is 10.1. The number of aromatic nitrogens is 2. The maximum absolute atomic E-state index is 12.1. The van der Waals surface area contributed by atoms with E-state index in [0.29, 0.717) is 12.1 Å². The lowest BCUT2D eigenvalue weighted by Crippen LogP contribution is -2.40. The van der Waals surface area contributed by atoms with Gasteiger partial charge in [0.2, 0.25) is 0 Å². The minimum atomic E-state index is -0.725.